The van der Waals surface area contributed by atoms with Crippen LogP contribution in [0.3, 0.4) is 0 Å². The second kappa shape index (κ2) is 10.3. The number of amides is 2. The van der Waals surface area contributed by atoms with Gasteiger partial charge in [0.05, 0.1) is 12.1 Å². The van der Waals surface area contributed by atoms with Crippen molar-refractivity contribution < 1.29 is 28.6 Å². The Bertz CT molecular complexity index is 1270. The lowest BCUT2D eigenvalue weighted by Crippen LogP contribution is -2.45. The monoisotopic (exact) mass is 540 g/mol. The first-order chi connectivity index (χ1) is 16.7. The van der Waals surface area contributed by atoms with Crippen molar-refractivity contribution in [3.63, 3.8) is 0 Å². The van der Waals surface area contributed by atoms with Crippen LogP contribution in [0, 0.1) is 12.7 Å². The Morgan fingerprint density at radius 3 is 2.26 bits per heavy atom. The Hall–Kier alpha value is -3.72. The van der Waals surface area contributed by atoms with Crippen LogP contribution in [0.5, 0.6) is 0 Å². The Kier molecular flexibility index (Phi) is 7.16. The normalized spacial score (nSPS) is 12.9. The van der Waals surface area contributed by atoms with Gasteiger partial charge in [-0.2, -0.15) is 0 Å². The van der Waals surface area contributed by atoms with Crippen LogP contribution < -0.4 is 10.6 Å². The summed E-state index contributed by atoms with van der Waals surface area (Å²) in [5, 5.41) is 13.9. The fourth-order valence-corrected chi connectivity index (χ4v) is 4.45. The maximum absolute atomic E-state index is 14.2. The van der Waals surface area contributed by atoms with E-state index in [2.05, 4.69) is 26.6 Å². The molecule has 3 aromatic carbocycles. The second-order valence-corrected chi connectivity index (χ2v) is 9.05. The van der Waals surface area contributed by atoms with Crippen molar-refractivity contribution >= 4 is 39.6 Å². The summed E-state index contributed by atoms with van der Waals surface area (Å²) in [5.41, 5.74) is 4.70. The van der Waals surface area contributed by atoms with Crippen molar-refractivity contribution in [1.29, 1.82) is 0 Å². The molecule has 0 fully saturated rings. The third kappa shape index (κ3) is 5.35. The zero-order chi connectivity index (χ0) is 25.1. The van der Waals surface area contributed by atoms with E-state index in [4.69, 9.17) is 4.74 Å². The molecule has 1 aliphatic rings. The Morgan fingerprint density at radius 1 is 1.06 bits per heavy atom. The molecule has 4 rings (SSSR count). The first-order valence-corrected chi connectivity index (χ1v) is 11.6. The lowest BCUT2D eigenvalue weighted by atomic mass is 9.98. The van der Waals surface area contributed by atoms with Gasteiger partial charge >= 0.3 is 12.1 Å². The van der Waals surface area contributed by atoms with Gasteiger partial charge in [-0.1, -0.05) is 64.5 Å². The first-order valence-electron chi connectivity index (χ1n) is 10.8. The van der Waals surface area contributed by atoms with Crippen LogP contribution >= 0.6 is 15.9 Å². The number of nitrogens with one attached hydrogen (secondary N) is 2. The lowest BCUT2D eigenvalue weighted by Gasteiger charge is -2.19. The van der Waals surface area contributed by atoms with Crippen LogP contribution in [-0.4, -0.2) is 35.7 Å². The quantitative estimate of drug-likeness (QED) is 0.381. The highest BCUT2D eigenvalue weighted by Gasteiger charge is 2.30. The van der Waals surface area contributed by atoms with Crippen molar-refractivity contribution in [2.24, 2.45) is 0 Å². The number of alkyl carbamates (subject to hydrolysis) is 1. The van der Waals surface area contributed by atoms with Crippen LogP contribution in [0.4, 0.5) is 14.9 Å². The molecule has 1 aliphatic carbocycles. The van der Waals surface area contributed by atoms with Crippen molar-refractivity contribution in [2.45, 2.75) is 25.3 Å². The van der Waals surface area contributed by atoms with Crippen LogP contribution in [0.2, 0.25) is 0 Å². The summed E-state index contributed by atoms with van der Waals surface area (Å²) in [6, 6.07) is 16.8. The van der Waals surface area contributed by atoms with Crippen LogP contribution in [0.15, 0.2) is 65.1 Å². The molecule has 0 bridgehead atoms. The topological polar surface area (TPSA) is 105 Å². The van der Waals surface area contributed by atoms with E-state index < -0.39 is 36.2 Å². The van der Waals surface area contributed by atoms with Crippen molar-refractivity contribution in [2.75, 3.05) is 11.9 Å². The number of rotatable bonds is 7. The molecule has 0 heterocycles. The zero-order valence-corrected chi connectivity index (χ0v) is 20.3. The van der Waals surface area contributed by atoms with Crippen LogP contribution in [0.1, 0.15) is 29.0 Å². The molecule has 1 atom stereocenters. The largest absolute Gasteiger partial charge is 0.481 e. The minimum Gasteiger partial charge on any atom is -0.481 e. The molecule has 3 N–H and O–H groups in total. The van der Waals surface area contributed by atoms with E-state index in [-0.39, 0.29) is 18.2 Å². The van der Waals surface area contributed by atoms with E-state index in [0.29, 0.717) is 10.0 Å². The molecule has 2 amide bonds. The maximum atomic E-state index is 14.2. The summed E-state index contributed by atoms with van der Waals surface area (Å²) in [6.45, 7) is 1.71. The number of ether oxygens (including phenoxy) is 1. The number of aryl methyl sites for hydroxylation is 1. The average Bonchev–Trinajstić information content (AvgIpc) is 3.14. The van der Waals surface area contributed by atoms with Gasteiger partial charge in [0.2, 0.25) is 5.91 Å². The fraction of sp³-hybridized carbons (Fsp3) is 0.192. The average molecular weight is 541 g/mol. The van der Waals surface area contributed by atoms with E-state index in [1.807, 2.05) is 48.5 Å². The maximum Gasteiger partial charge on any atom is 0.407 e. The molecular formula is C26H22BrFN2O5. The van der Waals surface area contributed by atoms with Gasteiger partial charge in [0.15, 0.2) is 0 Å². The molecule has 7 nitrogen and oxygen atoms in total. The van der Waals surface area contributed by atoms with Gasteiger partial charge in [-0.05, 0) is 46.9 Å². The number of hydrogen-bond acceptors (Lipinski definition) is 4. The number of hydrogen-bond donors (Lipinski definition) is 3. The van der Waals surface area contributed by atoms with E-state index in [1.165, 1.54) is 12.1 Å². The van der Waals surface area contributed by atoms with Gasteiger partial charge < -0.3 is 20.5 Å². The fourth-order valence-electron chi connectivity index (χ4n) is 4.14. The van der Waals surface area contributed by atoms with E-state index in [9.17, 15) is 23.9 Å². The molecule has 1 unspecified atom stereocenters. The predicted molar refractivity (Wildman–Crippen MR) is 132 cm³/mol. The zero-order valence-electron chi connectivity index (χ0n) is 18.7. The van der Waals surface area contributed by atoms with Crippen molar-refractivity contribution in [1.82, 2.24) is 5.32 Å². The number of aliphatic carboxylic acids is 1. The summed E-state index contributed by atoms with van der Waals surface area (Å²) in [6.07, 6.45) is -1.65. The minimum atomic E-state index is -1.47. The van der Waals surface area contributed by atoms with Gasteiger partial charge in [-0.3, -0.25) is 9.59 Å². The summed E-state index contributed by atoms with van der Waals surface area (Å²) >= 11 is 3.20. The van der Waals surface area contributed by atoms with Gasteiger partial charge in [0, 0.05) is 10.4 Å². The highest BCUT2D eigenvalue weighted by molar-refractivity contribution is 9.10. The minimum absolute atomic E-state index is 0.00179. The SMILES string of the molecule is Cc1cc(NC(=O)C(CC(=O)O)NC(=O)OCC2c3ccccc3-c3ccccc32)c(F)cc1Br. The second-order valence-electron chi connectivity index (χ2n) is 8.19. The number of carbonyl (C=O) groups excluding carboxylic acids is 2. The van der Waals surface area contributed by atoms with Gasteiger partial charge in [-0.15, -0.1) is 0 Å². The molecule has 0 radical (unpaired) electrons. The first kappa shape index (κ1) is 24.4. The molecule has 0 spiro atoms. The van der Waals surface area contributed by atoms with E-state index in [1.54, 1.807) is 6.92 Å². The number of fused-ring (bicyclic) bond motifs is 3. The predicted octanol–water partition coefficient (Wildman–Crippen LogP) is 5.22. The molecule has 35 heavy (non-hydrogen) atoms. The summed E-state index contributed by atoms with van der Waals surface area (Å²) in [7, 11) is 0. The molecule has 0 aromatic heterocycles. The Balaban J connectivity index is 1.45. The number of carboxylic acids is 1. The Morgan fingerprint density at radius 2 is 1.66 bits per heavy atom. The van der Waals surface area contributed by atoms with Gasteiger partial charge in [0.1, 0.15) is 18.5 Å². The molecule has 180 valence electrons. The van der Waals surface area contributed by atoms with Crippen molar-refractivity contribution in [3.8, 4) is 11.1 Å². The smallest absolute Gasteiger partial charge is 0.407 e. The number of carbonyl (C=O) groups is 3. The van der Waals surface area contributed by atoms with Gasteiger partial charge in [0.25, 0.3) is 0 Å². The standard InChI is InChI=1S/C26H22BrFN2O5/c1-14-10-22(21(28)11-20(14)27)29-25(33)23(12-24(31)32)30-26(34)35-13-19-17-8-4-2-6-15(17)16-7-3-5-9-18(16)19/h2-11,19,23H,12-13H2,1H3,(H,29,33)(H,30,34)(H,31,32). The highest BCUT2D eigenvalue weighted by Crippen LogP contribution is 2.44. The van der Waals surface area contributed by atoms with Gasteiger partial charge in [-0.25, -0.2) is 9.18 Å². The number of halogens is 2. The summed E-state index contributed by atoms with van der Waals surface area (Å²) in [4.78, 5) is 36.6. The third-order valence-electron chi connectivity index (χ3n) is 5.84. The number of carboxylic acid groups (broad SMARTS) is 1. The molecule has 0 saturated heterocycles. The Labute approximate surface area is 209 Å². The molecule has 0 saturated carbocycles. The highest BCUT2D eigenvalue weighted by atomic mass is 79.9. The molecule has 9 heteroatoms. The van der Waals surface area contributed by atoms with Crippen molar-refractivity contribution in [3.05, 3.63) is 87.6 Å². The van der Waals surface area contributed by atoms with Crippen LogP contribution in [0.25, 0.3) is 11.1 Å². The van der Waals surface area contributed by atoms with E-state index in [0.717, 1.165) is 22.3 Å². The number of benzene rings is 3. The number of anilines is 1. The molecular weight excluding hydrogens is 519 g/mol. The lowest BCUT2D eigenvalue weighted by molar-refractivity contribution is -0.139. The molecule has 3 aromatic rings. The molecule has 0 aliphatic heterocycles. The summed E-state index contributed by atoms with van der Waals surface area (Å²) < 4.78 is 20.2. The summed E-state index contributed by atoms with van der Waals surface area (Å²) in [5.74, 6) is -3.08. The third-order valence-corrected chi connectivity index (χ3v) is 6.69. The van der Waals surface area contributed by atoms with Crippen LogP contribution in [-0.2, 0) is 14.3 Å². The van der Waals surface area contributed by atoms with E-state index >= 15 is 0 Å².